The fraction of sp³-hybridized carbons (Fsp3) is 0.412. The quantitative estimate of drug-likeness (QED) is 0.755. The van der Waals surface area contributed by atoms with Gasteiger partial charge in [0.1, 0.15) is 5.56 Å². The Bertz CT molecular complexity index is 943. The van der Waals surface area contributed by atoms with E-state index >= 15 is 0 Å². The SMILES string of the molecule is CCOC(=O)c1cnc2c(C)cc(Br)cc2c1N[C@@H]1CCS(=O)(=O)C1. The van der Waals surface area contributed by atoms with Crippen LogP contribution in [0.4, 0.5) is 5.69 Å². The zero-order valence-electron chi connectivity index (χ0n) is 14.0. The van der Waals surface area contributed by atoms with Crippen molar-refractivity contribution in [2.45, 2.75) is 26.3 Å². The Morgan fingerprint density at radius 3 is 2.84 bits per heavy atom. The first-order chi connectivity index (χ1) is 11.8. The summed E-state index contributed by atoms with van der Waals surface area (Å²) in [6.45, 7) is 3.93. The zero-order chi connectivity index (χ0) is 18.2. The Hall–Kier alpha value is -1.67. The van der Waals surface area contributed by atoms with Gasteiger partial charge in [0.15, 0.2) is 9.84 Å². The standard InChI is InChI=1S/C17H19BrN2O4S/c1-3-24-17(21)14-8-19-15-10(2)6-11(18)7-13(15)16(14)20-12-4-5-25(22,23)9-12/h6-8,12H,3-5,9H2,1-2H3,(H,19,20)/t12-/m1/s1. The summed E-state index contributed by atoms with van der Waals surface area (Å²) in [4.78, 5) is 16.8. The van der Waals surface area contributed by atoms with E-state index in [2.05, 4.69) is 26.2 Å². The number of sulfone groups is 1. The molecule has 1 aromatic carbocycles. The summed E-state index contributed by atoms with van der Waals surface area (Å²) in [5.74, 6) is -0.255. The van der Waals surface area contributed by atoms with E-state index in [9.17, 15) is 13.2 Å². The van der Waals surface area contributed by atoms with Gasteiger partial charge in [-0.2, -0.15) is 0 Å². The lowest BCUT2D eigenvalue weighted by Crippen LogP contribution is -2.23. The van der Waals surface area contributed by atoms with Crippen LogP contribution in [0.1, 0.15) is 29.3 Å². The van der Waals surface area contributed by atoms with E-state index in [1.165, 1.54) is 6.20 Å². The van der Waals surface area contributed by atoms with Gasteiger partial charge >= 0.3 is 5.97 Å². The minimum Gasteiger partial charge on any atom is -0.462 e. The molecule has 0 bridgehead atoms. The van der Waals surface area contributed by atoms with Crippen molar-refractivity contribution in [2.75, 3.05) is 23.4 Å². The molecule has 2 heterocycles. The lowest BCUT2D eigenvalue weighted by molar-refractivity contribution is 0.0527. The third kappa shape index (κ3) is 3.79. The summed E-state index contributed by atoms with van der Waals surface area (Å²) >= 11 is 3.47. The van der Waals surface area contributed by atoms with Crippen LogP contribution in [-0.2, 0) is 14.6 Å². The van der Waals surface area contributed by atoms with Crippen LogP contribution in [0.2, 0.25) is 0 Å². The molecule has 1 N–H and O–H groups in total. The predicted octanol–water partition coefficient (Wildman–Crippen LogP) is 3.08. The molecule has 8 heteroatoms. The average molecular weight is 427 g/mol. The van der Waals surface area contributed by atoms with Crippen LogP contribution in [0.3, 0.4) is 0 Å². The van der Waals surface area contributed by atoms with Crippen molar-refractivity contribution < 1.29 is 17.9 Å². The molecule has 1 fully saturated rings. The van der Waals surface area contributed by atoms with E-state index in [1.54, 1.807) is 6.92 Å². The van der Waals surface area contributed by atoms with Crippen molar-refractivity contribution in [3.8, 4) is 0 Å². The zero-order valence-corrected chi connectivity index (χ0v) is 16.4. The molecular weight excluding hydrogens is 408 g/mol. The summed E-state index contributed by atoms with van der Waals surface area (Å²) in [5.41, 5.74) is 2.62. The molecule has 1 aliphatic rings. The molecule has 1 atom stereocenters. The number of nitrogens with zero attached hydrogens (tertiary/aromatic N) is 1. The topological polar surface area (TPSA) is 85.4 Å². The monoisotopic (exact) mass is 426 g/mol. The van der Waals surface area contributed by atoms with Gasteiger partial charge in [-0.3, -0.25) is 4.98 Å². The number of hydrogen-bond acceptors (Lipinski definition) is 6. The van der Waals surface area contributed by atoms with Crippen LogP contribution in [0, 0.1) is 6.92 Å². The van der Waals surface area contributed by atoms with Gasteiger partial charge in [0.2, 0.25) is 0 Å². The fourth-order valence-electron chi connectivity index (χ4n) is 3.07. The molecule has 0 amide bonds. The van der Waals surface area contributed by atoms with Crippen LogP contribution in [0.15, 0.2) is 22.8 Å². The summed E-state index contributed by atoms with van der Waals surface area (Å²) in [7, 11) is -3.03. The van der Waals surface area contributed by atoms with Crippen LogP contribution in [0.5, 0.6) is 0 Å². The Labute approximate surface area is 155 Å². The highest BCUT2D eigenvalue weighted by Crippen LogP contribution is 2.33. The molecule has 6 nitrogen and oxygen atoms in total. The minimum absolute atomic E-state index is 0.0616. The van der Waals surface area contributed by atoms with Crippen molar-refractivity contribution in [1.29, 1.82) is 0 Å². The number of hydrogen-bond donors (Lipinski definition) is 1. The smallest absolute Gasteiger partial charge is 0.341 e. The van der Waals surface area contributed by atoms with Gasteiger partial charge < -0.3 is 10.1 Å². The Morgan fingerprint density at radius 2 is 2.20 bits per heavy atom. The lowest BCUT2D eigenvalue weighted by Gasteiger charge is -2.18. The molecule has 1 aromatic heterocycles. The van der Waals surface area contributed by atoms with Gasteiger partial charge in [-0.25, -0.2) is 13.2 Å². The van der Waals surface area contributed by atoms with Crippen LogP contribution < -0.4 is 5.32 Å². The molecule has 0 spiro atoms. The molecule has 25 heavy (non-hydrogen) atoms. The molecule has 0 unspecified atom stereocenters. The number of pyridine rings is 1. The number of carbonyl (C=O) groups excluding carboxylic acids is 1. The molecule has 2 aromatic rings. The highest BCUT2D eigenvalue weighted by atomic mass is 79.9. The molecule has 0 aliphatic carbocycles. The van der Waals surface area contributed by atoms with Gasteiger partial charge in [0.25, 0.3) is 0 Å². The number of ether oxygens (including phenoxy) is 1. The number of halogens is 1. The second-order valence-electron chi connectivity index (χ2n) is 6.13. The van der Waals surface area contributed by atoms with Crippen LogP contribution in [0.25, 0.3) is 10.9 Å². The highest BCUT2D eigenvalue weighted by molar-refractivity contribution is 9.10. The van der Waals surface area contributed by atoms with Crippen molar-refractivity contribution >= 4 is 48.3 Å². The van der Waals surface area contributed by atoms with E-state index in [0.717, 1.165) is 20.9 Å². The van der Waals surface area contributed by atoms with Gasteiger partial charge in [0, 0.05) is 22.1 Å². The maximum absolute atomic E-state index is 12.3. The molecular formula is C17H19BrN2O4S. The predicted molar refractivity (Wildman–Crippen MR) is 101 cm³/mol. The number of nitrogens with one attached hydrogen (secondary N) is 1. The molecule has 134 valence electrons. The number of fused-ring (bicyclic) bond motifs is 1. The van der Waals surface area contributed by atoms with Gasteiger partial charge in [0.05, 0.1) is 29.3 Å². The highest BCUT2D eigenvalue weighted by Gasteiger charge is 2.29. The molecule has 0 radical (unpaired) electrons. The second-order valence-corrected chi connectivity index (χ2v) is 9.27. The maximum Gasteiger partial charge on any atom is 0.341 e. The first-order valence-corrected chi connectivity index (χ1v) is 10.6. The van der Waals surface area contributed by atoms with Crippen LogP contribution in [-0.4, -0.2) is 43.5 Å². The van der Waals surface area contributed by atoms with Crippen molar-refractivity contribution in [3.05, 3.63) is 33.9 Å². The number of aryl methyl sites for hydroxylation is 1. The third-order valence-electron chi connectivity index (χ3n) is 4.20. The second kappa shape index (κ2) is 6.92. The van der Waals surface area contributed by atoms with Crippen molar-refractivity contribution in [1.82, 2.24) is 4.98 Å². The van der Waals surface area contributed by atoms with Gasteiger partial charge in [-0.05, 0) is 38.0 Å². The summed E-state index contributed by atoms with van der Waals surface area (Å²) < 4.78 is 29.5. The van der Waals surface area contributed by atoms with E-state index in [0.29, 0.717) is 17.7 Å². The van der Waals surface area contributed by atoms with Gasteiger partial charge in [-0.15, -0.1) is 0 Å². The largest absolute Gasteiger partial charge is 0.462 e. The van der Waals surface area contributed by atoms with Crippen molar-refractivity contribution in [3.63, 3.8) is 0 Å². The third-order valence-corrected chi connectivity index (χ3v) is 6.43. The number of anilines is 1. The minimum atomic E-state index is -3.03. The first-order valence-electron chi connectivity index (χ1n) is 8.03. The maximum atomic E-state index is 12.3. The van der Waals surface area contributed by atoms with E-state index in [4.69, 9.17) is 4.74 Å². The first kappa shape index (κ1) is 18.1. The normalized spacial score (nSPS) is 19.1. The number of benzene rings is 1. The number of carbonyl (C=O) groups is 1. The fourth-order valence-corrected chi connectivity index (χ4v) is 5.31. The lowest BCUT2D eigenvalue weighted by atomic mass is 10.0. The number of rotatable bonds is 4. The van der Waals surface area contributed by atoms with Crippen molar-refractivity contribution in [2.24, 2.45) is 0 Å². The summed E-state index contributed by atoms with van der Waals surface area (Å²) in [5, 5.41) is 4.03. The van der Waals surface area contributed by atoms with E-state index in [1.807, 2.05) is 19.1 Å². The number of esters is 1. The van der Waals surface area contributed by atoms with Gasteiger partial charge in [-0.1, -0.05) is 15.9 Å². The molecule has 1 aliphatic heterocycles. The van der Waals surface area contributed by atoms with E-state index in [-0.39, 0.29) is 24.2 Å². The Balaban J connectivity index is 2.13. The molecule has 1 saturated heterocycles. The van der Waals surface area contributed by atoms with Crippen LogP contribution >= 0.6 is 15.9 Å². The molecule has 0 saturated carbocycles. The summed E-state index contributed by atoms with van der Waals surface area (Å²) in [6, 6.07) is 3.59. The van der Waals surface area contributed by atoms with E-state index < -0.39 is 15.8 Å². The Morgan fingerprint density at radius 1 is 1.44 bits per heavy atom. The number of aromatic nitrogens is 1. The summed E-state index contributed by atoms with van der Waals surface area (Å²) in [6.07, 6.45) is 2.01. The average Bonchev–Trinajstić information content (AvgIpc) is 2.87. The molecule has 3 rings (SSSR count). The Kier molecular flexibility index (Phi) is 5.02.